The molecule has 0 saturated carbocycles. The minimum atomic E-state index is -0.850. The Hall–Kier alpha value is -3.38. The Bertz CT molecular complexity index is 1300. The topological polar surface area (TPSA) is 84.4 Å². The average molecular weight is 431 g/mol. The molecule has 1 aliphatic rings. The first-order chi connectivity index (χ1) is 15.6. The van der Waals surface area contributed by atoms with E-state index in [2.05, 4.69) is 23.0 Å². The zero-order chi connectivity index (χ0) is 22.1. The van der Waals surface area contributed by atoms with Crippen molar-refractivity contribution in [2.75, 3.05) is 6.61 Å². The molecule has 1 unspecified atom stereocenters. The van der Waals surface area contributed by atoms with Crippen molar-refractivity contribution < 1.29 is 19.4 Å². The molecule has 1 atom stereocenters. The summed E-state index contributed by atoms with van der Waals surface area (Å²) in [6.07, 6.45) is 2.21. The normalized spacial score (nSPS) is 18.0. The summed E-state index contributed by atoms with van der Waals surface area (Å²) in [6, 6.07) is 18.0. The van der Waals surface area contributed by atoms with Crippen LogP contribution in [0.3, 0.4) is 0 Å². The Morgan fingerprint density at radius 1 is 1.22 bits per heavy atom. The zero-order valence-electron chi connectivity index (χ0n) is 18.1. The maximum atomic E-state index is 11.6. The second-order valence-electron chi connectivity index (χ2n) is 8.38. The first-order valence-corrected chi connectivity index (χ1v) is 11.1. The number of nitrogens with one attached hydrogen (secondary N) is 1. The van der Waals surface area contributed by atoms with Gasteiger partial charge in [-0.2, -0.15) is 0 Å². The predicted octanol–water partition coefficient (Wildman–Crippen LogP) is 5.34. The molecule has 3 heterocycles. The van der Waals surface area contributed by atoms with Crippen LogP contribution in [-0.2, 0) is 28.2 Å². The smallest absolute Gasteiger partial charge is 0.306 e. The molecule has 5 rings (SSSR count). The number of ether oxygens (including phenoxy) is 2. The third kappa shape index (κ3) is 3.71. The highest BCUT2D eigenvalue weighted by atomic mass is 16.5. The lowest BCUT2D eigenvalue weighted by Gasteiger charge is -2.36. The molecule has 0 bridgehead atoms. The fraction of sp³-hybridized carbons (Fsp3) is 0.308. The summed E-state index contributed by atoms with van der Waals surface area (Å²) in [6.45, 7) is 2.95. The monoisotopic (exact) mass is 430 g/mol. The Morgan fingerprint density at radius 2 is 2.09 bits per heavy atom. The first-order valence-electron chi connectivity index (χ1n) is 11.1. The molecule has 2 N–H and O–H groups in total. The van der Waals surface area contributed by atoms with E-state index < -0.39 is 11.6 Å². The molecule has 0 aliphatic carbocycles. The minimum absolute atomic E-state index is 0.0440. The Morgan fingerprint density at radius 3 is 2.94 bits per heavy atom. The summed E-state index contributed by atoms with van der Waals surface area (Å²) in [5.74, 6) is -0.0862. The van der Waals surface area contributed by atoms with Crippen LogP contribution in [0.5, 0.6) is 5.75 Å². The van der Waals surface area contributed by atoms with Crippen molar-refractivity contribution in [3.63, 3.8) is 0 Å². The van der Waals surface area contributed by atoms with Crippen molar-refractivity contribution in [1.29, 1.82) is 0 Å². The van der Waals surface area contributed by atoms with Crippen LogP contribution < -0.4 is 4.74 Å². The van der Waals surface area contributed by atoms with Gasteiger partial charge in [0.2, 0.25) is 0 Å². The SMILES string of the molecule is CCCC1(CC(=O)O)OCCc2c1[nH]c1ccc(OCc3ccc4ccccc4n3)cc21. The third-order valence-electron chi connectivity index (χ3n) is 6.20. The summed E-state index contributed by atoms with van der Waals surface area (Å²) in [5.41, 5.74) is 4.03. The van der Waals surface area contributed by atoms with Crippen LogP contribution in [-0.4, -0.2) is 27.7 Å². The van der Waals surface area contributed by atoms with E-state index in [1.54, 1.807) is 0 Å². The van der Waals surface area contributed by atoms with Crippen LogP contribution in [0.1, 0.15) is 43.1 Å². The van der Waals surface area contributed by atoms with Gasteiger partial charge in [-0.1, -0.05) is 37.6 Å². The fourth-order valence-electron chi connectivity index (χ4n) is 4.80. The lowest BCUT2D eigenvalue weighted by atomic mass is 9.85. The average Bonchev–Trinajstić information content (AvgIpc) is 3.17. The van der Waals surface area contributed by atoms with Gasteiger partial charge in [0.15, 0.2) is 0 Å². The quantitative estimate of drug-likeness (QED) is 0.414. The number of carbonyl (C=O) groups is 1. The van der Waals surface area contributed by atoms with Crippen molar-refractivity contribution >= 4 is 27.8 Å². The summed E-state index contributed by atoms with van der Waals surface area (Å²) in [7, 11) is 0. The molecule has 0 amide bonds. The summed E-state index contributed by atoms with van der Waals surface area (Å²) in [5, 5.41) is 11.7. The lowest BCUT2D eigenvalue weighted by Crippen LogP contribution is -2.37. The largest absolute Gasteiger partial charge is 0.487 e. The first kappa shape index (κ1) is 20.5. The molecule has 2 aromatic carbocycles. The van der Waals surface area contributed by atoms with Gasteiger partial charge in [0.25, 0.3) is 0 Å². The molecule has 2 aromatic heterocycles. The van der Waals surface area contributed by atoms with E-state index in [0.717, 1.165) is 57.3 Å². The maximum Gasteiger partial charge on any atom is 0.306 e. The number of rotatable bonds is 7. The summed E-state index contributed by atoms with van der Waals surface area (Å²) < 4.78 is 12.2. The van der Waals surface area contributed by atoms with Gasteiger partial charge >= 0.3 is 5.97 Å². The van der Waals surface area contributed by atoms with Gasteiger partial charge in [-0.15, -0.1) is 0 Å². The van der Waals surface area contributed by atoms with Crippen molar-refractivity contribution in [3.05, 3.63) is 71.5 Å². The molecule has 164 valence electrons. The fourth-order valence-corrected chi connectivity index (χ4v) is 4.80. The van der Waals surface area contributed by atoms with Crippen LogP contribution >= 0.6 is 0 Å². The second-order valence-corrected chi connectivity index (χ2v) is 8.38. The highest BCUT2D eigenvalue weighted by Crippen LogP contribution is 2.43. The predicted molar refractivity (Wildman–Crippen MR) is 123 cm³/mol. The van der Waals surface area contributed by atoms with E-state index in [1.165, 1.54) is 0 Å². The van der Waals surface area contributed by atoms with E-state index in [0.29, 0.717) is 19.6 Å². The lowest BCUT2D eigenvalue weighted by molar-refractivity contribution is -0.149. The number of para-hydroxylation sites is 1. The Kier molecular flexibility index (Phi) is 5.31. The number of carboxylic acid groups (broad SMARTS) is 1. The van der Waals surface area contributed by atoms with Crippen molar-refractivity contribution in [3.8, 4) is 5.75 Å². The highest BCUT2D eigenvalue weighted by Gasteiger charge is 2.41. The van der Waals surface area contributed by atoms with Crippen molar-refractivity contribution in [1.82, 2.24) is 9.97 Å². The number of hydrogen-bond acceptors (Lipinski definition) is 4. The summed E-state index contributed by atoms with van der Waals surface area (Å²) in [4.78, 5) is 19.7. The maximum absolute atomic E-state index is 11.6. The van der Waals surface area contributed by atoms with Crippen LogP contribution in [0.25, 0.3) is 21.8 Å². The van der Waals surface area contributed by atoms with Crippen LogP contribution in [0, 0.1) is 0 Å². The van der Waals surface area contributed by atoms with E-state index in [1.807, 2.05) is 48.5 Å². The molecule has 4 aromatic rings. The molecule has 6 heteroatoms. The number of nitrogens with zero attached hydrogens (tertiary/aromatic N) is 1. The molecular formula is C26H26N2O4. The van der Waals surface area contributed by atoms with Crippen LogP contribution in [0.4, 0.5) is 0 Å². The Balaban J connectivity index is 1.44. The van der Waals surface area contributed by atoms with Gasteiger partial charge < -0.3 is 19.6 Å². The molecule has 0 spiro atoms. The van der Waals surface area contributed by atoms with Crippen LogP contribution in [0.2, 0.25) is 0 Å². The van der Waals surface area contributed by atoms with E-state index in [9.17, 15) is 9.90 Å². The summed E-state index contributed by atoms with van der Waals surface area (Å²) >= 11 is 0. The molecule has 0 radical (unpaired) electrons. The van der Waals surface area contributed by atoms with E-state index in [4.69, 9.17) is 9.47 Å². The number of aromatic amines is 1. The molecular weight excluding hydrogens is 404 g/mol. The third-order valence-corrected chi connectivity index (χ3v) is 6.20. The molecule has 0 saturated heterocycles. The van der Waals surface area contributed by atoms with Gasteiger partial charge in [0.05, 0.1) is 29.9 Å². The molecule has 1 aliphatic heterocycles. The molecule has 6 nitrogen and oxygen atoms in total. The second kappa shape index (κ2) is 8.28. The van der Waals surface area contributed by atoms with Crippen molar-refractivity contribution in [2.24, 2.45) is 0 Å². The number of benzene rings is 2. The van der Waals surface area contributed by atoms with E-state index >= 15 is 0 Å². The number of hydrogen-bond donors (Lipinski definition) is 2. The van der Waals surface area contributed by atoms with E-state index in [-0.39, 0.29) is 6.42 Å². The standard InChI is InChI=1S/C26H26N2O4/c1-2-12-26(15-24(29)30)25-20(11-13-32-26)21-14-19(9-10-23(21)28-25)31-16-18-8-7-17-5-3-4-6-22(17)27-18/h3-10,14,28H,2,11-13,15-16H2,1H3,(H,29,30). The number of pyridine rings is 1. The number of fused-ring (bicyclic) bond motifs is 4. The number of carboxylic acids is 1. The number of aliphatic carboxylic acids is 1. The van der Waals surface area contributed by atoms with Gasteiger partial charge in [0.1, 0.15) is 18.0 Å². The van der Waals surface area contributed by atoms with Gasteiger partial charge in [0, 0.05) is 16.3 Å². The van der Waals surface area contributed by atoms with Gasteiger partial charge in [-0.05, 0) is 48.7 Å². The molecule has 32 heavy (non-hydrogen) atoms. The van der Waals surface area contributed by atoms with Gasteiger partial charge in [-0.25, -0.2) is 4.98 Å². The molecule has 0 fully saturated rings. The number of H-pyrrole nitrogens is 1. The highest BCUT2D eigenvalue weighted by molar-refractivity contribution is 5.87. The van der Waals surface area contributed by atoms with Crippen LogP contribution in [0.15, 0.2) is 54.6 Å². The zero-order valence-corrected chi connectivity index (χ0v) is 18.1. The van der Waals surface area contributed by atoms with Gasteiger partial charge in [-0.3, -0.25) is 4.79 Å². The Labute approximate surface area is 186 Å². The minimum Gasteiger partial charge on any atom is -0.487 e. The number of aromatic nitrogens is 2. The van der Waals surface area contributed by atoms with Crippen molar-refractivity contribution in [2.45, 2.75) is 44.8 Å².